The van der Waals surface area contributed by atoms with E-state index in [2.05, 4.69) is 0 Å². The Bertz CT molecular complexity index is 783. The van der Waals surface area contributed by atoms with Crippen molar-refractivity contribution in [2.24, 2.45) is 0 Å². The van der Waals surface area contributed by atoms with Crippen LogP contribution in [0, 0.1) is 5.82 Å². The largest absolute Gasteiger partial charge is 0.491 e. The quantitative estimate of drug-likeness (QED) is 0.716. The summed E-state index contributed by atoms with van der Waals surface area (Å²) in [6.45, 7) is 0.503. The predicted octanol–water partition coefficient (Wildman–Crippen LogP) is 4.18. The van der Waals surface area contributed by atoms with E-state index in [-0.39, 0.29) is 12.4 Å². The number of hydrogen-bond acceptors (Lipinski definition) is 2. The Kier molecular flexibility index (Phi) is 4.32. The smallest absolute Gasteiger partial charge is 0.145 e. The summed E-state index contributed by atoms with van der Waals surface area (Å²) in [4.78, 5) is 0. The van der Waals surface area contributed by atoms with Crippen LogP contribution in [0.15, 0.2) is 48.7 Å². The van der Waals surface area contributed by atoms with Crippen LogP contribution in [0.4, 0.5) is 4.39 Å². The SMILES string of the molecule is OCCCOc1cn(-c2ccc(F)cc2)c2ccc(Cl)cc12. The van der Waals surface area contributed by atoms with Crippen molar-refractivity contribution >= 4 is 22.5 Å². The zero-order valence-electron chi connectivity index (χ0n) is 11.8. The molecule has 0 atom stereocenters. The number of hydrogen-bond donors (Lipinski definition) is 1. The van der Waals surface area contributed by atoms with Crippen LogP contribution in [-0.2, 0) is 0 Å². The second kappa shape index (κ2) is 6.38. The molecule has 0 radical (unpaired) electrons. The molecule has 114 valence electrons. The normalized spacial score (nSPS) is 11.0. The van der Waals surface area contributed by atoms with Gasteiger partial charge in [0.15, 0.2) is 0 Å². The van der Waals surface area contributed by atoms with E-state index in [1.165, 1.54) is 12.1 Å². The van der Waals surface area contributed by atoms with Crippen LogP contribution in [0.25, 0.3) is 16.6 Å². The number of fused-ring (bicyclic) bond motifs is 1. The van der Waals surface area contributed by atoms with Gasteiger partial charge >= 0.3 is 0 Å². The summed E-state index contributed by atoms with van der Waals surface area (Å²) in [5.74, 6) is 0.415. The van der Waals surface area contributed by atoms with E-state index in [4.69, 9.17) is 21.4 Å². The fraction of sp³-hybridized carbons (Fsp3) is 0.176. The summed E-state index contributed by atoms with van der Waals surface area (Å²) in [5.41, 5.74) is 1.76. The summed E-state index contributed by atoms with van der Waals surface area (Å²) in [7, 11) is 0. The van der Waals surface area contributed by atoms with Crippen molar-refractivity contribution in [3.63, 3.8) is 0 Å². The molecule has 0 saturated heterocycles. The molecule has 0 aliphatic heterocycles. The van der Waals surface area contributed by atoms with Crippen molar-refractivity contribution in [1.82, 2.24) is 4.57 Å². The Morgan fingerprint density at radius 2 is 1.91 bits per heavy atom. The number of benzene rings is 2. The molecule has 0 unspecified atom stereocenters. The van der Waals surface area contributed by atoms with Crippen LogP contribution in [0.3, 0.4) is 0 Å². The van der Waals surface area contributed by atoms with Crippen molar-refractivity contribution in [2.75, 3.05) is 13.2 Å². The molecule has 1 N–H and O–H groups in total. The zero-order chi connectivity index (χ0) is 15.5. The van der Waals surface area contributed by atoms with Gasteiger partial charge in [-0.1, -0.05) is 11.6 Å². The van der Waals surface area contributed by atoms with E-state index in [1.54, 1.807) is 18.2 Å². The molecule has 3 nitrogen and oxygen atoms in total. The van der Waals surface area contributed by atoms with Crippen molar-refractivity contribution in [2.45, 2.75) is 6.42 Å². The maximum atomic E-state index is 13.1. The topological polar surface area (TPSA) is 34.4 Å². The van der Waals surface area contributed by atoms with Crippen molar-refractivity contribution in [1.29, 1.82) is 0 Å². The van der Waals surface area contributed by atoms with Crippen molar-refractivity contribution in [3.8, 4) is 11.4 Å². The van der Waals surface area contributed by atoms with Crippen molar-refractivity contribution < 1.29 is 14.2 Å². The first-order chi connectivity index (χ1) is 10.7. The maximum Gasteiger partial charge on any atom is 0.145 e. The molecule has 1 heterocycles. The van der Waals surface area contributed by atoms with Crippen LogP contribution < -0.4 is 4.74 Å². The van der Waals surface area contributed by atoms with Gasteiger partial charge < -0.3 is 14.4 Å². The van der Waals surface area contributed by atoms with Gasteiger partial charge in [0.05, 0.1) is 18.3 Å². The Morgan fingerprint density at radius 3 is 2.64 bits per heavy atom. The van der Waals surface area contributed by atoms with Crippen LogP contribution in [0.1, 0.15) is 6.42 Å². The van der Waals surface area contributed by atoms with E-state index in [9.17, 15) is 4.39 Å². The average molecular weight is 320 g/mol. The molecule has 0 saturated carbocycles. The molecule has 0 fully saturated rings. The fourth-order valence-electron chi connectivity index (χ4n) is 2.35. The lowest BCUT2D eigenvalue weighted by molar-refractivity contribution is 0.235. The van der Waals surface area contributed by atoms with Gasteiger partial charge in [0.1, 0.15) is 11.6 Å². The van der Waals surface area contributed by atoms with E-state index in [1.807, 2.05) is 22.9 Å². The average Bonchev–Trinajstić information content (AvgIpc) is 2.86. The number of halogens is 2. The Labute approximate surface area is 132 Å². The van der Waals surface area contributed by atoms with Gasteiger partial charge in [-0.2, -0.15) is 0 Å². The van der Waals surface area contributed by atoms with Gasteiger partial charge in [0.25, 0.3) is 0 Å². The number of aromatic nitrogens is 1. The van der Waals surface area contributed by atoms with E-state index in [0.717, 1.165) is 16.6 Å². The molecular weight excluding hydrogens is 305 g/mol. The second-order valence-corrected chi connectivity index (χ2v) is 5.36. The molecule has 0 aliphatic carbocycles. The highest BCUT2D eigenvalue weighted by Gasteiger charge is 2.11. The third kappa shape index (κ3) is 2.93. The monoisotopic (exact) mass is 319 g/mol. The first-order valence-electron chi connectivity index (χ1n) is 6.99. The third-order valence-corrected chi connectivity index (χ3v) is 3.63. The lowest BCUT2D eigenvalue weighted by atomic mass is 10.2. The molecule has 0 spiro atoms. The lowest BCUT2D eigenvalue weighted by Gasteiger charge is -2.04. The van der Waals surface area contributed by atoms with E-state index in [0.29, 0.717) is 23.8 Å². The first-order valence-corrected chi connectivity index (χ1v) is 7.37. The Balaban J connectivity index is 2.08. The lowest BCUT2D eigenvalue weighted by Crippen LogP contribution is -1.99. The highest BCUT2D eigenvalue weighted by atomic mass is 35.5. The summed E-state index contributed by atoms with van der Waals surface area (Å²) < 4.78 is 20.8. The summed E-state index contributed by atoms with van der Waals surface area (Å²) in [5, 5.41) is 10.4. The highest BCUT2D eigenvalue weighted by molar-refractivity contribution is 6.31. The maximum absolute atomic E-state index is 13.1. The molecule has 0 bridgehead atoms. The van der Waals surface area contributed by atoms with Gasteiger partial charge in [-0.05, 0) is 42.5 Å². The predicted molar refractivity (Wildman–Crippen MR) is 85.4 cm³/mol. The molecule has 3 rings (SSSR count). The molecule has 5 heteroatoms. The number of ether oxygens (including phenoxy) is 1. The number of rotatable bonds is 5. The van der Waals surface area contributed by atoms with Gasteiger partial charge in [-0.15, -0.1) is 0 Å². The summed E-state index contributed by atoms with van der Waals surface area (Å²) in [6, 6.07) is 11.8. The zero-order valence-corrected chi connectivity index (χ0v) is 12.6. The molecule has 0 aliphatic rings. The minimum absolute atomic E-state index is 0.0807. The first kappa shape index (κ1) is 14.9. The molecule has 1 aromatic heterocycles. The minimum atomic E-state index is -0.275. The number of aliphatic hydroxyl groups is 1. The second-order valence-electron chi connectivity index (χ2n) is 4.93. The van der Waals surface area contributed by atoms with Crippen LogP contribution in [0.2, 0.25) is 5.02 Å². The molecule has 2 aromatic carbocycles. The Hall–Kier alpha value is -2.04. The number of aliphatic hydroxyl groups excluding tert-OH is 1. The third-order valence-electron chi connectivity index (χ3n) is 3.39. The number of nitrogens with zero attached hydrogens (tertiary/aromatic N) is 1. The molecular formula is C17H15ClFNO2. The summed E-state index contributed by atoms with van der Waals surface area (Å²) >= 11 is 6.07. The molecule has 3 aromatic rings. The van der Waals surface area contributed by atoms with Gasteiger partial charge in [-0.25, -0.2) is 4.39 Å². The molecule has 22 heavy (non-hydrogen) atoms. The van der Waals surface area contributed by atoms with Crippen molar-refractivity contribution in [3.05, 3.63) is 59.5 Å². The van der Waals surface area contributed by atoms with Gasteiger partial charge in [0.2, 0.25) is 0 Å². The highest BCUT2D eigenvalue weighted by Crippen LogP contribution is 2.32. The standard InChI is InChI=1S/C17H15ClFNO2/c18-12-2-7-16-15(10-12)17(22-9-1-8-21)11-20(16)14-5-3-13(19)4-6-14/h2-7,10-11,21H,1,8-9H2. The van der Waals surface area contributed by atoms with Crippen LogP contribution in [-0.4, -0.2) is 22.9 Å². The van der Waals surface area contributed by atoms with Crippen LogP contribution in [0.5, 0.6) is 5.75 Å². The fourth-order valence-corrected chi connectivity index (χ4v) is 2.52. The van der Waals surface area contributed by atoms with E-state index >= 15 is 0 Å². The molecule has 0 amide bonds. The van der Waals surface area contributed by atoms with Gasteiger partial charge in [-0.3, -0.25) is 0 Å². The van der Waals surface area contributed by atoms with Gasteiger partial charge in [0, 0.05) is 29.1 Å². The summed E-state index contributed by atoms with van der Waals surface area (Å²) in [6.07, 6.45) is 2.41. The Morgan fingerprint density at radius 1 is 1.14 bits per heavy atom. The minimum Gasteiger partial charge on any atom is -0.491 e. The van der Waals surface area contributed by atoms with Crippen LogP contribution >= 0.6 is 11.6 Å². The van der Waals surface area contributed by atoms with E-state index < -0.39 is 0 Å².